The normalized spacial score (nSPS) is 13.2. The van der Waals surface area contributed by atoms with Gasteiger partial charge in [0.25, 0.3) is 0 Å². The molecule has 4 heteroatoms. The number of benzene rings is 3. The van der Waals surface area contributed by atoms with Crippen molar-refractivity contribution < 1.29 is 13.9 Å². The lowest BCUT2D eigenvalue weighted by Crippen LogP contribution is -2.35. The van der Waals surface area contributed by atoms with Gasteiger partial charge in [-0.25, -0.2) is 4.39 Å². The summed E-state index contributed by atoms with van der Waals surface area (Å²) in [6.45, 7) is 24.9. The van der Waals surface area contributed by atoms with Crippen LogP contribution in [0.1, 0.15) is 138 Å². The Morgan fingerprint density at radius 3 is 2.04 bits per heavy atom. The number of hydrogen-bond donors (Lipinski definition) is 0. The number of allylic oxidation sites excluding steroid dienone is 3. The number of rotatable bonds is 23. The molecule has 0 amide bonds. The van der Waals surface area contributed by atoms with Gasteiger partial charge in [0.15, 0.2) is 0 Å². The molecule has 0 radical (unpaired) electrons. The molecule has 1 aliphatic heterocycles. The van der Waals surface area contributed by atoms with Gasteiger partial charge in [-0.2, -0.15) is 0 Å². The van der Waals surface area contributed by atoms with Crippen LogP contribution < -0.4 is 9.64 Å². The van der Waals surface area contributed by atoms with Crippen molar-refractivity contribution in [1.29, 1.82) is 0 Å². The van der Waals surface area contributed by atoms with Gasteiger partial charge < -0.3 is 14.4 Å². The first-order valence-corrected chi connectivity index (χ1v) is 20.3. The van der Waals surface area contributed by atoms with E-state index in [0.717, 1.165) is 57.0 Å². The molecule has 0 saturated heterocycles. The first kappa shape index (κ1) is 41.7. The summed E-state index contributed by atoms with van der Waals surface area (Å²) in [7, 11) is 1.68. The predicted octanol–water partition coefficient (Wildman–Crippen LogP) is 14.0. The molecule has 1 unspecified atom stereocenters. The summed E-state index contributed by atoms with van der Waals surface area (Å²) < 4.78 is 27.0. The summed E-state index contributed by atoms with van der Waals surface area (Å²) in [6, 6.07) is 18.5. The first-order valence-electron chi connectivity index (χ1n) is 20.3. The second-order valence-corrected chi connectivity index (χ2v) is 15.5. The van der Waals surface area contributed by atoms with E-state index in [4.69, 9.17) is 9.47 Å². The number of ether oxygens (including phenoxy) is 2. The molecule has 0 fully saturated rings. The van der Waals surface area contributed by atoms with Gasteiger partial charge in [0, 0.05) is 41.4 Å². The minimum Gasteiger partial charge on any atom is -0.496 e. The largest absolute Gasteiger partial charge is 0.496 e. The van der Waals surface area contributed by atoms with Crippen molar-refractivity contribution in [2.75, 3.05) is 18.6 Å². The van der Waals surface area contributed by atoms with Gasteiger partial charge in [0.1, 0.15) is 17.3 Å². The van der Waals surface area contributed by atoms with E-state index >= 15 is 4.39 Å². The lowest BCUT2D eigenvalue weighted by molar-refractivity contribution is 0.267. The molecule has 0 spiro atoms. The Kier molecular flexibility index (Phi) is 16.5. The number of halogens is 1. The summed E-state index contributed by atoms with van der Waals surface area (Å²) >= 11 is 0. The molecule has 3 nitrogen and oxygen atoms in total. The number of nitrogens with zero attached hydrogens (tertiary/aromatic N) is 1. The highest BCUT2D eigenvalue weighted by atomic mass is 19.1. The summed E-state index contributed by atoms with van der Waals surface area (Å²) in [5.74, 6) is 1.70. The van der Waals surface area contributed by atoms with Crippen LogP contribution in [0.5, 0.6) is 5.75 Å². The van der Waals surface area contributed by atoms with Crippen molar-refractivity contribution in [2.45, 2.75) is 131 Å². The van der Waals surface area contributed by atoms with Crippen LogP contribution >= 0.6 is 0 Å². The highest BCUT2D eigenvalue weighted by Crippen LogP contribution is 2.44. The van der Waals surface area contributed by atoms with Crippen molar-refractivity contribution in [3.63, 3.8) is 0 Å². The predicted molar refractivity (Wildman–Crippen MR) is 226 cm³/mol. The molecule has 0 N–H and O–H groups in total. The van der Waals surface area contributed by atoms with Gasteiger partial charge >= 0.3 is 0 Å². The van der Waals surface area contributed by atoms with Gasteiger partial charge in [-0.05, 0) is 72.1 Å². The maximum Gasteiger partial charge on any atom is 0.129 e. The standard InChI is InChI=1S/C49H66FNO2/c1-10-11-12-13-14-15-16-17-18-19-20-21-29-53-40(8)42-27-25-41(26-28-42)30-37(5)46-34-51(39(7)35(2)3)47-33-48(52-9)44(32-45(47)38(46)6)31-43-24-22-23-36(4)49(43)50/h22-28,32-35,39H,5-6,8,10-21,29-31H2,1-4,7,9H3. The van der Waals surface area contributed by atoms with Crippen LogP contribution in [0.4, 0.5) is 10.1 Å². The number of anilines is 1. The smallest absolute Gasteiger partial charge is 0.129 e. The molecule has 0 aromatic heterocycles. The Labute approximate surface area is 321 Å². The number of fused-ring (bicyclic) bond motifs is 1. The summed E-state index contributed by atoms with van der Waals surface area (Å²) in [6.07, 6.45) is 19.3. The third-order valence-corrected chi connectivity index (χ3v) is 11.0. The van der Waals surface area contributed by atoms with Gasteiger partial charge in [-0.1, -0.05) is 154 Å². The average molecular weight is 720 g/mol. The quantitative estimate of drug-likeness (QED) is 0.0719. The molecular weight excluding hydrogens is 654 g/mol. The van der Waals surface area contributed by atoms with Gasteiger partial charge in [-0.3, -0.25) is 0 Å². The Balaban J connectivity index is 1.35. The highest BCUT2D eigenvalue weighted by molar-refractivity contribution is 5.93. The molecule has 286 valence electrons. The molecule has 1 aliphatic rings. The fourth-order valence-electron chi connectivity index (χ4n) is 7.21. The number of aryl methyl sites for hydroxylation is 1. The fraction of sp³-hybridized carbons (Fsp3) is 0.469. The molecule has 4 rings (SSSR count). The Morgan fingerprint density at radius 1 is 0.811 bits per heavy atom. The Morgan fingerprint density at radius 2 is 1.43 bits per heavy atom. The zero-order chi connectivity index (χ0) is 38.3. The van der Waals surface area contributed by atoms with E-state index in [0.29, 0.717) is 36.5 Å². The molecule has 0 aliphatic carbocycles. The van der Waals surface area contributed by atoms with Crippen molar-refractivity contribution in [3.05, 3.63) is 131 Å². The maximum absolute atomic E-state index is 15.1. The van der Waals surface area contributed by atoms with Crippen LogP contribution in [-0.2, 0) is 17.6 Å². The van der Waals surface area contributed by atoms with Crippen LogP contribution in [0.15, 0.2) is 91.7 Å². The molecular formula is C49H66FNO2. The molecule has 1 atom stereocenters. The van der Waals surface area contributed by atoms with Crippen LogP contribution in [0.3, 0.4) is 0 Å². The van der Waals surface area contributed by atoms with Crippen LogP contribution in [-0.4, -0.2) is 19.8 Å². The lowest BCUT2D eigenvalue weighted by Gasteiger charge is -2.38. The Hall–Kier alpha value is -4.05. The third-order valence-electron chi connectivity index (χ3n) is 11.0. The number of unbranched alkanes of at least 4 members (excludes halogenated alkanes) is 11. The minimum absolute atomic E-state index is 0.170. The van der Waals surface area contributed by atoms with Crippen molar-refractivity contribution in [3.8, 4) is 5.75 Å². The summed E-state index contributed by atoms with van der Waals surface area (Å²) in [4.78, 5) is 2.33. The topological polar surface area (TPSA) is 21.7 Å². The van der Waals surface area contributed by atoms with Crippen molar-refractivity contribution in [1.82, 2.24) is 0 Å². The van der Waals surface area contributed by atoms with Crippen LogP contribution in [0.25, 0.3) is 11.3 Å². The zero-order valence-corrected chi connectivity index (χ0v) is 33.8. The van der Waals surface area contributed by atoms with Gasteiger partial charge in [-0.15, -0.1) is 0 Å². The van der Waals surface area contributed by atoms with Gasteiger partial charge in [0.05, 0.1) is 19.4 Å². The van der Waals surface area contributed by atoms with Crippen molar-refractivity contribution in [2.24, 2.45) is 5.92 Å². The van der Waals surface area contributed by atoms with Gasteiger partial charge in [0.2, 0.25) is 0 Å². The number of hydrogen-bond acceptors (Lipinski definition) is 3. The molecule has 0 bridgehead atoms. The van der Waals surface area contributed by atoms with E-state index in [9.17, 15) is 0 Å². The Bertz CT molecular complexity index is 1700. The highest BCUT2D eigenvalue weighted by Gasteiger charge is 2.29. The van der Waals surface area contributed by atoms with E-state index in [-0.39, 0.29) is 11.9 Å². The van der Waals surface area contributed by atoms with E-state index in [1.54, 1.807) is 20.1 Å². The minimum atomic E-state index is -0.170. The maximum atomic E-state index is 15.1. The molecule has 53 heavy (non-hydrogen) atoms. The van der Waals surface area contributed by atoms with E-state index in [2.05, 4.69) is 94.9 Å². The van der Waals surface area contributed by atoms with Crippen LogP contribution in [0, 0.1) is 18.7 Å². The fourth-order valence-corrected chi connectivity index (χ4v) is 7.21. The SMILES string of the molecule is C=C(Cc1ccc(C(=C)OCCCCCCCCCCCCCC)cc1)C1=CN(C(C)C(C)C)c2cc(OC)c(Cc3cccc(C)c3F)cc2C1=C. The number of methoxy groups -OCH3 is 1. The second-order valence-electron chi connectivity index (χ2n) is 15.5. The summed E-state index contributed by atoms with van der Waals surface area (Å²) in [5.41, 5.74) is 9.42. The van der Waals surface area contributed by atoms with E-state index in [1.165, 1.54) is 76.2 Å². The van der Waals surface area contributed by atoms with Crippen molar-refractivity contribution >= 4 is 17.0 Å². The monoisotopic (exact) mass is 720 g/mol. The average Bonchev–Trinajstić information content (AvgIpc) is 3.15. The van der Waals surface area contributed by atoms with E-state index < -0.39 is 0 Å². The molecule has 1 heterocycles. The van der Waals surface area contributed by atoms with E-state index in [1.807, 2.05) is 12.1 Å². The summed E-state index contributed by atoms with van der Waals surface area (Å²) in [5, 5.41) is 0. The molecule has 0 saturated carbocycles. The zero-order valence-electron chi connectivity index (χ0n) is 33.8. The molecule has 3 aromatic carbocycles. The molecule has 3 aromatic rings. The first-order chi connectivity index (χ1) is 25.5. The van der Waals surface area contributed by atoms with Crippen LogP contribution in [0.2, 0.25) is 0 Å². The lowest BCUT2D eigenvalue weighted by atomic mass is 9.85. The third kappa shape index (κ3) is 11.7. The second kappa shape index (κ2) is 21.0.